The maximum atomic E-state index is 2.43. The maximum Gasteiger partial charge on any atom is -0.0130 e. The average Bonchev–Trinajstić information content (AvgIpc) is 2.54. The first kappa shape index (κ1) is 12.5. The van der Waals surface area contributed by atoms with Gasteiger partial charge in [0.25, 0.3) is 0 Å². The smallest absolute Gasteiger partial charge is 0.0130 e. The molecule has 0 fully saturated rings. The van der Waals surface area contributed by atoms with E-state index >= 15 is 0 Å². The zero-order chi connectivity index (χ0) is 11.1. The molecule has 0 saturated heterocycles. The largest absolute Gasteiger partial charge is 0.0770 e. The van der Waals surface area contributed by atoms with Gasteiger partial charge in [-0.2, -0.15) is 0 Å². The standard InChI is InChI=1S/C15H26/c1-4-5-6-7-8-9-10-15-12-11-13(2)14(15)3/h12H,4-11H2,1-3H3. The highest BCUT2D eigenvalue weighted by Gasteiger charge is 2.09. The van der Waals surface area contributed by atoms with Crippen LogP contribution >= 0.6 is 0 Å². The zero-order valence-corrected chi connectivity index (χ0v) is 10.7. The molecule has 0 bridgehead atoms. The summed E-state index contributed by atoms with van der Waals surface area (Å²) in [7, 11) is 0. The first-order chi connectivity index (χ1) is 7.25. The normalized spacial score (nSPS) is 16.1. The Hall–Kier alpha value is -0.520. The summed E-state index contributed by atoms with van der Waals surface area (Å²) < 4.78 is 0. The molecule has 0 aromatic carbocycles. The van der Waals surface area contributed by atoms with E-state index in [1.165, 1.54) is 51.4 Å². The molecular weight excluding hydrogens is 180 g/mol. The predicted octanol–water partition coefficient (Wildman–Crippen LogP) is 5.40. The van der Waals surface area contributed by atoms with Crippen LogP contribution in [0.25, 0.3) is 0 Å². The molecule has 86 valence electrons. The van der Waals surface area contributed by atoms with Crippen LogP contribution < -0.4 is 0 Å². The van der Waals surface area contributed by atoms with Crippen molar-refractivity contribution in [3.05, 3.63) is 22.8 Å². The first-order valence-electron chi connectivity index (χ1n) is 6.61. The molecule has 0 heteroatoms. The summed E-state index contributed by atoms with van der Waals surface area (Å²) in [6.45, 7) is 6.83. The van der Waals surface area contributed by atoms with Gasteiger partial charge in [0, 0.05) is 0 Å². The van der Waals surface area contributed by atoms with E-state index in [0.29, 0.717) is 0 Å². The molecule has 0 nitrogen and oxygen atoms in total. The van der Waals surface area contributed by atoms with Crippen LogP contribution in [0.3, 0.4) is 0 Å². The summed E-state index contributed by atoms with van der Waals surface area (Å²) >= 11 is 0. The Bertz CT molecular complexity index is 243. The third-order valence-corrected chi connectivity index (χ3v) is 3.58. The molecule has 0 N–H and O–H groups in total. The van der Waals surface area contributed by atoms with Crippen LogP contribution in [0.1, 0.15) is 72.1 Å². The van der Waals surface area contributed by atoms with Gasteiger partial charge in [-0.15, -0.1) is 0 Å². The highest BCUT2D eigenvalue weighted by atomic mass is 14.1. The Morgan fingerprint density at radius 2 is 1.67 bits per heavy atom. The molecule has 0 aromatic heterocycles. The highest BCUT2D eigenvalue weighted by Crippen LogP contribution is 2.29. The van der Waals surface area contributed by atoms with Gasteiger partial charge < -0.3 is 0 Å². The van der Waals surface area contributed by atoms with Gasteiger partial charge in [0.2, 0.25) is 0 Å². The lowest BCUT2D eigenvalue weighted by Gasteiger charge is -2.05. The van der Waals surface area contributed by atoms with Crippen LogP contribution in [-0.4, -0.2) is 0 Å². The lowest BCUT2D eigenvalue weighted by Crippen LogP contribution is -1.85. The second-order valence-corrected chi connectivity index (χ2v) is 4.86. The van der Waals surface area contributed by atoms with Gasteiger partial charge in [-0.1, -0.05) is 50.7 Å². The molecule has 0 unspecified atom stereocenters. The van der Waals surface area contributed by atoms with Gasteiger partial charge in [0.1, 0.15) is 0 Å². The molecular formula is C15H26. The molecule has 1 aliphatic carbocycles. The predicted molar refractivity (Wildman–Crippen MR) is 69.1 cm³/mol. The van der Waals surface area contributed by atoms with E-state index < -0.39 is 0 Å². The quantitative estimate of drug-likeness (QED) is 0.489. The molecule has 1 aliphatic rings. The number of hydrogen-bond acceptors (Lipinski definition) is 0. The van der Waals surface area contributed by atoms with Crippen molar-refractivity contribution in [3.63, 3.8) is 0 Å². The van der Waals surface area contributed by atoms with Crippen molar-refractivity contribution in [2.75, 3.05) is 0 Å². The van der Waals surface area contributed by atoms with Gasteiger partial charge in [-0.3, -0.25) is 0 Å². The molecule has 0 radical (unpaired) electrons. The second-order valence-electron chi connectivity index (χ2n) is 4.86. The number of unbranched alkanes of at least 4 members (excludes halogenated alkanes) is 5. The van der Waals surface area contributed by atoms with Crippen molar-refractivity contribution in [2.24, 2.45) is 0 Å². The van der Waals surface area contributed by atoms with E-state index in [1.54, 1.807) is 16.7 Å². The highest BCUT2D eigenvalue weighted by molar-refractivity contribution is 5.39. The van der Waals surface area contributed by atoms with Crippen molar-refractivity contribution >= 4 is 0 Å². The van der Waals surface area contributed by atoms with Gasteiger partial charge in [0.15, 0.2) is 0 Å². The fourth-order valence-electron chi connectivity index (χ4n) is 2.24. The van der Waals surface area contributed by atoms with Crippen molar-refractivity contribution < 1.29 is 0 Å². The summed E-state index contributed by atoms with van der Waals surface area (Å²) in [6, 6.07) is 0. The molecule has 0 amide bonds. The van der Waals surface area contributed by atoms with Crippen LogP contribution in [0.4, 0.5) is 0 Å². The topological polar surface area (TPSA) is 0 Å². The van der Waals surface area contributed by atoms with Gasteiger partial charge in [-0.05, 0) is 44.3 Å². The molecule has 1 rings (SSSR count). The average molecular weight is 206 g/mol. The Labute approximate surface area is 95.5 Å². The number of rotatable bonds is 7. The Kier molecular flexibility index (Phi) is 5.75. The fourth-order valence-corrected chi connectivity index (χ4v) is 2.24. The van der Waals surface area contributed by atoms with E-state index in [4.69, 9.17) is 0 Å². The molecule has 0 aromatic rings. The minimum atomic E-state index is 1.21. The summed E-state index contributed by atoms with van der Waals surface area (Å²) in [4.78, 5) is 0. The zero-order valence-electron chi connectivity index (χ0n) is 10.7. The Morgan fingerprint density at radius 1 is 1.00 bits per heavy atom. The number of allylic oxidation sites excluding steroid dienone is 4. The van der Waals surface area contributed by atoms with Crippen LogP contribution in [0.5, 0.6) is 0 Å². The first-order valence-corrected chi connectivity index (χ1v) is 6.61. The van der Waals surface area contributed by atoms with Crippen LogP contribution in [0, 0.1) is 0 Å². The molecule has 0 aliphatic heterocycles. The minimum Gasteiger partial charge on any atom is -0.0770 e. The Balaban J connectivity index is 2.06. The molecule has 0 spiro atoms. The summed E-state index contributed by atoms with van der Waals surface area (Å²) in [5.41, 5.74) is 4.78. The van der Waals surface area contributed by atoms with Crippen molar-refractivity contribution in [2.45, 2.75) is 72.1 Å². The van der Waals surface area contributed by atoms with Crippen molar-refractivity contribution in [1.29, 1.82) is 0 Å². The Morgan fingerprint density at radius 3 is 2.27 bits per heavy atom. The monoisotopic (exact) mass is 206 g/mol. The van der Waals surface area contributed by atoms with E-state index in [0.717, 1.165) is 0 Å². The lowest BCUT2D eigenvalue weighted by molar-refractivity contribution is 0.607. The van der Waals surface area contributed by atoms with Crippen LogP contribution in [0.15, 0.2) is 22.8 Å². The third kappa shape index (κ3) is 4.24. The summed E-state index contributed by atoms with van der Waals surface area (Å²) in [5, 5.41) is 0. The minimum absolute atomic E-state index is 1.21. The van der Waals surface area contributed by atoms with Gasteiger partial charge >= 0.3 is 0 Å². The molecule has 15 heavy (non-hydrogen) atoms. The SMILES string of the molecule is CCCCCCCCC1=CCC(C)=C1C. The third-order valence-electron chi connectivity index (χ3n) is 3.58. The van der Waals surface area contributed by atoms with E-state index in [2.05, 4.69) is 26.8 Å². The maximum absolute atomic E-state index is 2.43. The molecule has 0 saturated carbocycles. The fraction of sp³-hybridized carbons (Fsp3) is 0.733. The van der Waals surface area contributed by atoms with Crippen molar-refractivity contribution in [1.82, 2.24) is 0 Å². The van der Waals surface area contributed by atoms with Crippen molar-refractivity contribution in [3.8, 4) is 0 Å². The van der Waals surface area contributed by atoms with Gasteiger partial charge in [-0.25, -0.2) is 0 Å². The van der Waals surface area contributed by atoms with Gasteiger partial charge in [0.05, 0.1) is 0 Å². The molecule has 0 atom stereocenters. The van der Waals surface area contributed by atoms with Crippen LogP contribution in [0.2, 0.25) is 0 Å². The lowest BCUT2D eigenvalue weighted by atomic mass is 10.0. The summed E-state index contributed by atoms with van der Waals surface area (Å²) in [5.74, 6) is 0. The van der Waals surface area contributed by atoms with E-state index in [-0.39, 0.29) is 0 Å². The summed E-state index contributed by atoms with van der Waals surface area (Å²) in [6.07, 6.45) is 13.4. The van der Waals surface area contributed by atoms with E-state index in [9.17, 15) is 0 Å². The molecule has 0 heterocycles. The van der Waals surface area contributed by atoms with E-state index in [1.807, 2.05) is 0 Å². The van der Waals surface area contributed by atoms with Crippen LogP contribution in [-0.2, 0) is 0 Å². The second kappa shape index (κ2) is 6.87. The number of hydrogen-bond donors (Lipinski definition) is 0.